The molecule has 1 heterocycles. The van der Waals surface area contributed by atoms with Crippen molar-refractivity contribution in [2.45, 2.75) is 36.6 Å². The van der Waals surface area contributed by atoms with Gasteiger partial charge in [-0.25, -0.2) is 8.42 Å². The van der Waals surface area contributed by atoms with Gasteiger partial charge in [0.15, 0.2) is 9.84 Å². The van der Waals surface area contributed by atoms with Crippen LogP contribution >= 0.6 is 11.8 Å². The standard InChI is InChI=1S/C21H24N2O4S2/c1-14-3-5-16(6-4-14)12-22-20(24)9-10-29(26,27)17-7-8-19-18(11-17)23-21(25)15(2)13-28-19/h3-8,11,15H,9-10,12-13H2,1-2H3,(H,22,24)(H,23,25)/t15-/m1/s1. The Hall–Kier alpha value is -2.32. The van der Waals surface area contributed by atoms with Crippen LogP contribution < -0.4 is 10.6 Å². The van der Waals surface area contributed by atoms with Crippen LogP contribution in [0.1, 0.15) is 24.5 Å². The molecule has 2 N–H and O–H groups in total. The third kappa shape index (κ3) is 5.61. The van der Waals surface area contributed by atoms with Crippen molar-refractivity contribution in [3.8, 4) is 0 Å². The Morgan fingerprint density at radius 1 is 1.21 bits per heavy atom. The van der Waals surface area contributed by atoms with Gasteiger partial charge >= 0.3 is 0 Å². The van der Waals surface area contributed by atoms with Gasteiger partial charge in [-0.15, -0.1) is 11.8 Å². The molecule has 1 aliphatic rings. The Bertz CT molecular complexity index is 1020. The fourth-order valence-corrected chi connectivity index (χ4v) is 5.09. The Morgan fingerprint density at radius 2 is 1.93 bits per heavy atom. The van der Waals surface area contributed by atoms with E-state index in [4.69, 9.17) is 0 Å². The van der Waals surface area contributed by atoms with Crippen LogP contribution in [0, 0.1) is 12.8 Å². The zero-order chi connectivity index (χ0) is 21.0. The summed E-state index contributed by atoms with van der Waals surface area (Å²) in [7, 11) is -3.64. The summed E-state index contributed by atoms with van der Waals surface area (Å²) in [6.45, 7) is 4.18. The van der Waals surface area contributed by atoms with Crippen molar-refractivity contribution in [1.82, 2.24) is 5.32 Å². The molecule has 0 aromatic heterocycles. The SMILES string of the molecule is Cc1ccc(CNC(=O)CCS(=O)(=O)c2ccc3c(c2)NC(=O)[C@H](C)CS3)cc1. The minimum Gasteiger partial charge on any atom is -0.352 e. The molecule has 0 unspecified atom stereocenters. The molecule has 1 atom stereocenters. The van der Waals surface area contributed by atoms with E-state index in [0.717, 1.165) is 16.0 Å². The smallest absolute Gasteiger partial charge is 0.228 e. The summed E-state index contributed by atoms with van der Waals surface area (Å²) < 4.78 is 25.3. The maximum Gasteiger partial charge on any atom is 0.228 e. The molecule has 29 heavy (non-hydrogen) atoms. The lowest BCUT2D eigenvalue weighted by atomic mass is 10.1. The second-order valence-corrected chi connectivity index (χ2v) is 10.4. The highest BCUT2D eigenvalue weighted by Gasteiger charge is 2.23. The van der Waals surface area contributed by atoms with Crippen molar-refractivity contribution in [2.24, 2.45) is 5.92 Å². The third-order valence-corrected chi connectivity index (χ3v) is 7.76. The van der Waals surface area contributed by atoms with Gasteiger partial charge in [-0.3, -0.25) is 9.59 Å². The molecule has 0 saturated heterocycles. The van der Waals surface area contributed by atoms with E-state index in [0.29, 0.717) is 18.0 Å². The van der Waals surface area contributed by atoms with Gasteiger partial charge < -0.3 is 10.6 Å². The molecular formula is C21H24N2O4S2. The topological polar surface area (TPSA) is 92.3 Å². The highest BCUT2D eigenvalue weighted by Crippen LogP contribution is 2.34. The predicted octanol–water partition coefficient (Wildman–Crippen LogP) is 3.16. The Morgan fingerprint density at radius 3 is 2.66 bits per heavy atom. The molecule has 2 aromatic carbocycles. The van der Waals surface area contributed by atoms with Crippen molar-refractivity contribution in [2.75, 3.05) is 16.8 Å². The first-order valence-corrected chi connectivity index (χ1v) is 12.0. The number of thioether (sulfide) groups is 1. The minimum atomic E-state index is -3.64. The van der Waals surface area contributed by atoms with Gasteiger partial charge in [0.25, 0.3) is 0 Å². The molecule has 2 amide bonds. The first kappa shape index (κ1) is 21.4. The number of anilines is 1. The highest BCUT2D eigenvalue weighted by molar-refractivity contribution is 7.99. The second kappa shape index (κ2) is 9.00. The van der Waals surface area contributed by atoms with Crippen LogP contribution in [0.4, 0.5) is 5.69 Å². The van der Waals surface area contributed by atoms with Crippen molar-refractivity contribution >= 4 is 39.1 Å². The lowest BCUT2D eigenvalue weighted by Gasteiger charge is -2.10. The van der Waals surface area contributed by atoms with Crippen LogP contribution in [0.25, 0.3) is 0 Å². The quantitative estimate of drug-likeness (QED) is 0.732. The van der Waals surface area contributed by atoms with Crippen LogP contribution in [0.5, 0.6) is 0 Å². The Balaban J connectivity index is 1.61. The van der Waals surface area contributed by atoms with E-state index >= 15 is 0 Å². The normalized spacial score (nSPS) is 16.5. The van der Waals surface area contributed by atoms with E-state index in [1.165, 1.54) is 23.9 Å². The summed E-state index contributed by atoms with van der Waals surface area (Å²) in [5, 5.41) is 5.54. The molecule has 0 bridgehead atoms. The average Bonchev–Trinajstić information content (AvgIpc) is 2.84. The lowest BCUT2D eigenvalue weighted by Crippen LogP contribution is -2.25. The number of nitrogens with one attached hydrogen (secondary N) is 2. The van der Waals surface area contributed by atoms with Gasteiger partial charge in [-0.2, -0.15) is 0 Å². The van der Waals surface area contributed by atoms with Gasteiger partial charge in [0.1, 0.15) is 0 Å². The molecule has 6 nitrogen and oxygen atoms in total. The van der Waals surface area contributed by atoms with Crippen LogP contribution in [0.3, 0.4) is 0 Å². The lowest BCUT2D eigenvalue weighted by molar-refractivity contribution is -0.121. The highest BCUT2D eigenvalue weighted by atomic mass is 32.2. The summed E-state index contributed by atoms with van der Waals surface area (Å²) in [5.41, 5.74) is 2.60. The molecule has 1 aliphatic heterocycles. The minimum absolute atomic E-state index is 0.109. The average molecular weight is 433 g/mol. The van der Waals surface area contributed by atoms with E-state index in [-0.39, 0.29) is 34.8 Å². The zero-order valence-electron chi connectivity index (χ0n) is 16.4. The number of fused-ring (bicyclic) bond motifs is 1. The Labute approximate surface area is 175 Å². The monoisotopic (exact) mass is 432 g/mol. The van der Waals surface area contributed by atoms with E-state index < -0.39 is 9.84 Å². The zero-order valence-corrected chi connectivity index (χ0v) is 18.0. The van der Waals surface area contributed by atoms with Crippen molar-refractivity contribution in [3.63, 3.8) is 0 Å². The molecular weight excluding hydrogens is 408 g/mol. The fraction of sp³-hybridized carbons (Fsp3) is 0.333. The van der Waals surface area contributed by atoms with Gasteiger partial charge in [-0.1, -0.05) is 36.8 Å². The van der Waals surface area contributed by atoms with Crippen LogP contribution in [0.15, 0.2) is 52.3 Å². The number of carbonyl (C=O) groups excluding carboxylic acids is 2. The molecule has 0 saturated carbocycles. The second-order valence-electron chi connectivity index (χ2n) is 7.19. The first-order valence-electron chi connectivity index (χ1n) is 9.37. The maximum absolute atomic E-state index is 12.7. The molecule has 0 aliphatic carbocycles. The van der Waals surface area contributed by atoms with Gasteiger partial charge in [0.2, 0.25) is 11.8 Å². The molecule has 8 heteroatoms. The van der Waals surface area contributed by atoms with Gasteiger partial charge in [0, 0.05) is 29.5 Å². The number of amides is 2. The summed E-state index contributed by atoms with van der Waals surface area (Å²) in [6, 6.07) is 12.5. The predicted molar refractivity (Wildman–Crippen MR) is 115 cm³/mol. The van der Waals surface area contributed by atoms with Crippen LogP contribution in [-0.2, 0) is 26.0 Å². The number of aryl methyl sites for hydroxylation is 1. The summed E-state index contributed by atoms with van der Waals surface area (Å²) in [4.78, 5) is 25.1. The van der Waals surface area contributed by atoms with Gasteiger partial charge in [0.05, 0.1) is 16.3 Å². The van der Waals surface area contributed by atoms with Crippen molar-refractivity contribution in [1.29, 1.82) is 0 Å². The summed E-state index contributed by atoms with van der Waals surface area (Å²) in [5.74, 6) is -0.234. The molecule has 2 aromatic rings. The number of sulfone groups is 1. The largest absolute Gasteiger partial charge is 0.352 e. The van der Waals surface area contributed by atoms with Gasteiger partial charge in [-0.05, 0) is 30.7 Å². The summed E-state index contributed by atoms with van der Waals surface area (Å²) >= 11 is 1.52. The number of hydrogen-bond acceptors (Lipinski definition) is 5. The molecule has 0 fully saturated rings. The maximum atomic E-state index is 12.7. The third-order valence-electron chi connectivity index (χ3n) is 4.71. The van der Waals surface area contributed by atoms with E-state index in [9.17, 15) is 18.0 Å². The molecule has 154 valence electrons. The fourth-order valence-electron chi connectivity index (χ4n) is 2.81. The van der Waals surface area contributed by atoms with E-state index in [2.05, 4.69) is 10.6 Å². The number of hydrogen-bond donors (Lipinski definition) is 2. The van der Waals surface area contributed by atoms with Crippen molar-refractivity contribution < 1.29 is 18.0 Å². The summed E-state index contributed by atoms with van der Waals surface area (Å²) in [6.07, 6.45) is -0.122. The van der Waals surface area contributed by atoms with E-state index in [1.807, 2.05) is 38.1 Å². The van der Waals surface area contributed by atoms with Crippen molar-refractivity contribution in [3.05, 3.63) is 53.6 Å². The number of benzene rings is 2. The van der Waals surface area contributed by atoms with Crippen LogP contribution in [0.2, 0.25) is 0 Å². The molecule has 3 rings (SSSR count). The molecule has 0 radical (unpaired) electrons. The molecule has 0 spiro atoms. The van der Waals surface area contributed by atoms with Crippen LogP contribution in [-0.4, -0.2) is 31.7 Å². The number of carbonyl (C=O) groups is 2. The Kier molecular flexibility index (Phi) is 6.64. The first-order chi connectivity index (χ1) is 13.7. The number of rotatable bonds is 6. The van der Waals surface area contributed by atoms with E-state index in [1.54, 1.807) is 6.07 Å².